The molecule has 0 radical (unpaired) electrons. The number of rotatable bonds is 7. The van der Waals surface area contributed by atoms with E-state index in [1.807, 2.05) is 4.57 Å². The summed E-state index contributed by atoms with van der Waals surface area (Å²) in [6, 6.07) is 0.361. The second-order valence-corrected chi connectivity index (χ2v) is 5.43. The van der Waals surface area contributed by atoms with Gasteiger partial charge >= 0.3 is 5.69 Å². The fourth-order valence-electron chi connectivity index (χ4n) is 2.73. The molecule has 0 fully saturated rings. The number of aromatic nitrogens is 3. The molecule has 0 aromatic carbocycles. The first-order chi connectivity index (χ1) is 9.26. The first kappa shape index (κ1) is 14.3. The standard InChI is InChI=1S/C14H26N4O/c1-3-7-12(15-9-4-2)11-18-14(19)17-10-6-5-8-13(17)16-18/h12,15H,3-11H2,1-2H3. The van der Waals surface area contributed by atoms with E-state index in [2.05, 4.69) is 24.3 Å². The summed E-state index contributed by atoms with van der Waals surface area (Å²) in [5.74, 6) is 0.974. The van der Waals surface area contributed by atoms with Gasteiger partial charge in [-0.15, -0.1) is 0 Å². The molecule has 19 heavy (non-hydrogen) atoms. The molecule has 0 bridgehead atoms. The summed E-state index contributed by atoms with van der Waals surface area (Å²) < 4.78 is 3.52. The Hall–Kier alpha value is -1.10. The van der Waals surface area contributed by atoms with Gasteiger partial charge in [-0.05, 0) is 32.2 Å². The lowest BCUT2D eigenvalue weighted by molar-refractivity contribution is 0.393. The summed E-state index contributed by atoms with van der Waals surface area (Å²) in [4.78, 5) is 12.3. The number of hydrogen-bond donors (Lipinski definition) is 1. The average molecular weight is 266 g/mol. The summed E-state index contributed by atoms with van der Waals surface area (Å²) in [7, 11) is 0. The predicted octanol–water partition coefficient (Wildman–Crippen LogP) is 1.55. The molecule has 1 aliphatic heterocycles. The van der Waals surface area contributed by atoms with Crippen LogP contribution < -0.4 is 11.0 Å². The number of aryl methyl sites for hydroxylation is 1. The van der Waals surface area contributed by atoms with Crippen LogP contribution in [0.5, 0.6) is 0 Å². The molecular weight excluding hydrogens is 240 g/mol. The Kier molecular flexibility index (Phi) is 5.19. The van der Waals surface area contributed by atoms with Crippen molar-refractivity contribution in [2.45, 2.75) is 71.5 Å². The molecule has 1 unspecified atom stereocenters. The van der Waals surface area contributed by atoms with Gasteiger partial charge in [0.05, 0.1) is 6.54 Å². The van der Waals surface area contributed by atoms with Crippen molar-refractivity contribution >= 4 is 0 Å². The van der Waals surface area contributed by atoms with Crippen molar-refractivity contribution < 1.29 is 0 Å². The zero-order valence-corrected chi connectivity index (χ0v) is 12.2. The lowest BCUT2D eigenvalue weighted by atomic mass is 10.1. The minimum atomic E-state index is 0.0779. The third-order valence-corrected chi connectivity index (χ3v) is 3.75. The zero-order chi connectivity index (χ0) is 13.7. The van der Waals surface area contributed by atoms with E-state index in [4.69, 9.17) is 0 Å². The maximum Gasteiger partial charge on any atom is 0.345 e. The van der Waals surface area contributed by atoms with Crippen molar-refractivity contribution in [1.29, 1.82) is 0 Å². The van der Waals surface area contributed by atoms with Gasteiger partial charge in [-0.25, -0.2) is 9.48 Å². The molecule has 2 heterocycles. The number of fused-ring (bicyclic) bond motifs is 1. The van der Waals surface area contributed by atoms with Gasteiger partial charge < -0.3 is 5.32 Å². The zero-order valence-electron chi connectivity index (χ0n) is 12.2. The van der Waals surface area contributed by atoms with Gasteiger partial charge in [0.1, 0.15) is 5.82 Å². The highest BCUT2D eigenvalue weighted by Gasteiger charge is 2.18. The van der Waals surface area contributed by atoms with Crippen LogP contribution in [0.4, 0.5) is 0 Å². The molecule has 2 rings (SSSR count). The Morgan fingerprint density at radius 3 is 2.84 bits per heavy atom. The van der Waals surface area contributed by atoms with Crippen LogP contribution in [0.25, 0.3) is 0 Å². The van der Waals surface area contributed by atoms with Crippen LogP contribution >= 0.6 is 0 Å². The molecule has 0 aliphatic carbocycles. The van der Waals surface area contributed by atoms with Gasteiger partial charge in [0.2, 0.25) is 0 Å². The molecule has 0 amide bonds. The van der Waals surface area contributed by atoms with Gasteiger partial charge in [0.15, 0.2) is 0 Å². The smallest absolute Gasteiger partial charge is 0.312 e. The van der Waals surface area contributed by atoms with Crippen LogP contribution in [-0.4, -0.2) is 26.9 Å². The van der Waals surface area contributed by atoms with Crippen molar-refractivity contribution in [3.8, 4) is 0 Å². The Bertz CT molecular complexity index is 449. The van der Waals surface area contributed by atoms with Crippen LogP contribution in [0.1, 0.15) is 51.8 Å². The van der Waals surface area contributed by atoms with Crippen LogP contribution in [0.3, 0.4) is 0 Å². The van der Waals surface area contributed by atoms with Crippen molar-refractivity contribution in [1.82, 2.24) is 19.7 Å². The number of nitrogens with zero attached hydrogens (tertiary/aromatic N) is 3. The normalized spacial score (nSPS) is 16.3. The third-order valence-electron chi connectivity index (χ3n) is 3.75. The van der Waals surface area contributed by atoms with E-state index in [9.17, 15) is 4.79 Å². The maximum atomic E-state index is 12.3. The largest absolute Gasteiger partial charge is 0.345 e. The van der Waals surface area contributed by atoms with E-state index in [1.54, 1.807) is 4.68 Å². The van der Waals surface area contributed by atoms with E-state index < -0.39 is 0 Å². The van der Waals surface area contributed by atoms with Crippen LogP contribution in [0.2, 0.25) is 0 Å². The van der Waals surface area contributed by atoms with Gasteiger partial charge in [0.25, 0.3) is 0 Å². The first-order valence-electron chi connectivity index (χ1n) is 7.66. The van der Waals surface area contributed by atoms with Crippen LogP contribution in [0, 0.1) is 0 Å². The predicted molar refractivity (Wildman–Crippen MR) is 76.4 cm³/mol. The monoisotopic (exact) mass is 266 g/mol. The van der Waals surface area contributed by atoms with E-state index in [-0.39, 0.29) is 5.69 Å². The summed E-state index contributed by atoms with van der Waals surface area (Å²) in [6.45, 7) is 6.90. The lowest BCUT2D eigenvalue weighted by Crippen LogP contribution is -2.38. The summed E-state index contributed by atoms with van der Waals surface area (Å²) >= 11 is 0. The minimum Gasteiger partial charge on any atom is -0.312 e. The summed E-state index contributed by atoms with van der Waals surface area (Å²) in [5, 5.41) is 8.03. The van der Waals surface area contributed by atoms with E-state index >= 15 is 0 Å². The van der Waals surface area contributed by atoms with Crippen molar-refractivity contribution in [2.24, 2.45) is 0 Å². The Balaban J connectivity index is 2.08. The van der Waals surface area contributed by atoms with Crippen LogP contribution in [-0.2, 0) is 19.5 Å². The first-order valence-corrected chi connectivity index (χ1v) is 7.66. The van der Waals surface area contributed by atoms with Gasteiger partial charge in [0, 0.05) is 19.0 Å². The lowest BCUT2D eigenvalue weighted by Gasteiger charge is -2.16. The second kappa shape index (κ2) is 6.89. The highest BCUT2D eigenvalue weighted by Crippen LogP contribution is 2.09. The quantitative estimate of drug-likeness (QED) is 0.814. The summed E-state index contributed by atoms with van der Waals surface area (Å²) in [6.07, 6.45) is 6.55. The Morgan fingerprint density at radius 1 is 1.32 bits per heavy atom. The van der Waals surface area contributed by atoms with Gasteiger partial charge in [-0.3, -0.25) is 4.57 Å². The molecule has 0 saturated heterocycles. The van der Waals surface area contributed by atoms with E-state index in [0.717, 1.165) is 57.4 Å². The molecule has 5 nitrogen and oxygen atoms in total. The van der Waals surface area contributed by atoms with Gasteiger partial charge in [-0.1, -0.05) is 20.3 Å². The van der Waals surface area contributed by atoms with Crippen molar-refractivity contribution in [3.05, 3.63) is 16.3 Å². The number of hydrogen-bond acceptors (Lipinski definition) is 3. The molecule has 1 aliphatic rings. The van der Waals surface area contributed by atoms with E-state index in [1.165, 1.54) is 0 Å². The maximum absolute atomic E-state index is 12.3. The SMILES string of the molecule is CCCNC(CCC)Cn1nc2n(c1=O)CCCC2. The molecule has 1 atom stereocenters. The molecule has 1 aromatic rings. The van der Waals surface area contributed by atoms with Crippen LogP contribution in [0.15, 0.2) is 4.79 Å². The third kappa shape index (κ3) is 3.47. The molecule has 108 valence electrons. The van der Waals surface area contributed by atoms with Gasteiger partial charge in [-0.2, -0.15) is 5.10 Å². The highest BCUT2D eigenvalue weighted by molar-refractivity contribution is 4.91. The average Bonchev–Trinajstić information content (AvgIpc) is 2.74. The van der Waals surface area contributed by atoms with E-state index in [0.29, 0.717) is 12.6 Å². The molecule has 0 saturated carbocycles. The van der Waals surface area contributed by atoms with Crippen molar-refractivity contribution in [3.63, 3.8) is 0 Å². The summed E-state index contributed by atoms with van der Waals surface area (Å²) in [5.41, 5.74) is 0.0779. The fourth-order valence-corrected chi connectivity index (χ4v) is 2.73. The number of nitrogens with one attached hydrogen (secondary N) is 1. The minimum absolute atomic E-state index is 0.0779. The highest BCUT2D eigenvalue weighted by atomic mass is 16.2. The Labute approximate surface area is 115 Å². The topological polar surface area (TPSA) is 51.9 Å². The molecule has 0 spiro atoms. The molecule has 5 heteroatoms. The Morgan fingerprint density at radius 2 is 2.16 bits per heavy atom. The fraction of sp³-hybridized carbons (Fsp3) is 0.857. The molecular formula is C14H26N4O. The molecule has 1 N–H and O–H groups in total. The second-order valence-electron chi connectivity index (χ2n) is 5.43. The van der Waals surface area contributed by atoms with Crippen molar-refractivity contribution in [2.75, 3.05) is 6.54 Å². The molecule has 1 aromatic heterocycles.